The predicted molar refractivity (Wildman–Crippen MR) is 97.7 cm³/mol. The highest BCUT2D eigenvalue weighted by Gasteiger charge is 2.22. The van der Waals surface area contributed by atoms with Crippen LogP contribution < -0.4 is 0 Å². The monoisotopic (exact) mass is 386 g/mol. The summed E-state index contributed by atoms with van der Waals surface area (Å²) in [5, 5.41) is 15.4. The molecule has 0 radical (unpaired) electrons. The van der Waals surface area contributed by atoms with Gasteiger partial charge in [0.25, 0.3) is 0 Å². The van der Waals surface area contributed by atoms with Gasteiger partial charge in [-0.25, -0.2) is 9.97 Å². The number of rotatable bonds is 3. The van der Waals surface area contributed by atoms with Crippen LogP contribution in [-0.4, -0.2) is 30.2 Å². The largest absolute Gasteiger partial charge is 0.229 e. The maximum absolute atomic E-state index is 6.09. The molecule has 0 unspecified atom stereocenters. The first kappa shape index (κ1) is 15.2. The van der Waals surface area contributed by atoms with Gasteiger partial charge in [0.15, 0.2) is 0 Å². The summed E-state index contributed by atoms with van der Waals surface area (Å²) in [4.78, 5) is 11.4. The molecule has 124 valence electrons. The summed E-state index contributed by atoms with van der Waals surface area (Å²) in [5.74, 6) is 0. The van der Waals surface area contributed by atoms with Gasteiger partial charge in [-0.3, -0.25) is 0 Å². The number of thiophene rings is 1. The van der Waals surface area contributed by atoms with E-state index in [4.69, 9.17) is 11.6 Å². The summed E-state index contributed by atoms with van der Waals surface area (Å²) in [6.07, 6.45) is 5.05. The van der Waals surface area contributed by atoms with Crippen molar-refractivity contribution < 1.29 is 0 Å². The number of aromatic nitrogens is 6. The number of nitrogens with zero attached hydrogens (tertiary/aromatic N) is 6. The molecule has 3 heterocycles. The average molecular weight is 387 g/mol. The highest BCUT2D eigenvalue weighted by Crippen LogP contribution is 2.41. The second-order valence-corrected chi connectivity index (χ2v) is 8.15. The van der Waals surface area contributed by atoms with Crippen LogP contribution in [0, 0.1) is 0 Å². The van der Waals surface area contributed by atoms with Crippen LogP contribution in [0.15, 0.2) is 40.8 Å². The summed E-state index contributed by atoms with van der Waals surface area (Å²) in [6.45, 7) is 0. The lowest BCUT2D eigenvalue weighted by Gasteiger charge is -2.05. The van der Waals surface area contributed by atoms with Gasteiger partial charge in [-0.15, -0.1) is 16.4 Å². The molecule has 1 aliphatic carbocycles. The zero-order chi connectivity index (χ0) is 16.8. The molecule has 1 aromatic carbocycles. The third kappa shape index (κ3) is 2.61. The number of aryl methyl sites for hydroxylation is 2. The van der Waals surface area contributed by atoms with Crippen molar-refractivity contribution in [3.05, 3.63) is 46.1 Å². The van der Waals surface area contributed by atoms with Crippen LogP contribution in [0.3, 0.4) is 0 Å². The van der Waals surface area contributed by atoms with Crippen LogP contribution in [-0.2, 0) is 12.8 Å². The average Bonchev–Trinajstić information content (AvgIpc) is 3.30. The van der Waals surface area contributed by atoms with Gasteiger partial charge in [-0.05, 0) is 65.2 Å². The van der Waals surface area contributed by atoms with Gasteiger partial charge >= 0.3 is 0 Å². The molecule has 9 heteroatoms. The van der Waals surface area contributed by atoms with Crippen molar-refractivity contribution in [1.82, 2.24) is 30.2 Å². The smallest absolute Gasteiger partial charge is 0.220 e. The zero-order valence-electron chi connectivity index (χ0n) is 12.9. The number of halogens is 1. The van der Waals surface area contributed by atoms with E-state index in [1.807, 2.05) is 24.3 Å². The lowest BCUT2D eigenvalue weighted by Crippen LogP contribution is -1.99. The SMILES string of the molecule is Clc1cccc(-n2nnnc2Sc2ncnc3sc4c(c23)CCC4)c1. The maximum Gasteiger partial charge on any atom is 0.220 e. The Morgan fingerprint density at radius 2 is 2.16 bits per heavy atom. The normalized spacial score (nSPS) is 13.5. The van der Waals surface area contributed by atoms with Crippen molar-refractivity contribution in [1.29, 1.82) is 0 Å². The number of fused-ring (bicyclic) bond motifs is 3. The van der Waals surface area contributed by atoms with E-state index in [1.54, 1.807) is 22.3 Å². The molecule has 0 aliphatic heterocycles. The fourth-order valence-corrected chi connectivity index (χ4v) is 5.45. The zero-order valence-corrected chi connectivity index (χ0v) is 15.3. The standard InChI is InChI=1S/C16H11ClN6S2/c17-9-3-1-4-10(7-9)23-16(20-21-22-23)25-15-13-11-5-2-6-12(11)24-14(13)18-8-19-15/h1,3-4,7-8H,2,5-6H2. The van der Waals surface area contributed by atoms with E-state index < -0.39 is 0 Å². The van der Waals surface area contributed by atoms with Gasteiger partial charge in [0.2, 0.25) is 5.16 Å². The molecule has 5 rings (SSSR count). The fourth-order valence-electron chi connectivity index (χ4n) is 3.08. The Kier molecular flexibility index (Phi) is 3.69. The van der Waals surface area contributed by atoms with Crippen molar-refractivity contribution >= 4 is 44.9 Å². The minimum absolute atomic E-state index is 0.643. The first-order valence-electron chi connectivity index (χ1n) is 7.77. The summed E-state index contributed by atoms with van der Waals surface area (Å²) in [7, 11) is 0. The van der Waals surface area contributed by atoms with Gasteiger partial charge in [0.05, 0.1) is 5.69 Å². The summed E-state index contributed by atoms with van der Waals surface area (Å²) >= 11 is 9.33. The molecule has 3 aromatic heterocycles. The van der Waals surface area contributed by atoms with Gasteiger partial charge in [-0.2, -0.15) is 4.68 Å². The molecule has 25 heavy (non-hydrogen) atoms. The van der Waals surface area contributed by atoms with E-state index >= 15 is 0 Å². The topological polar surface area (TPSA) is 69.4 Å². The van der Waals surface area contributed by atoms with Crippen LogP contribution in [0.25, 0.3) is 15.9 Å². The Labute approximate surface area is 156 Å². The molecule has 1 aliphatic rings. The van der Waals surface area contributed by atoms with Crippen molar-refractivity contribution in [2.24, 2.45) is 0 Å². The third-order valence-electron chi connectivity index (χ3n) is 4.15. The van der Waals surface area contributed by atoms with E-state index in [9.17, 15) is 0 Å². The summed E-state index contributed by atoms with van der Waals surface area (Å²) in [5.41, 5.74) is 2.21. The maximum atomic E-state index is 6.09. The second-order valence-electron chi connectivity index (χ2n) is 5.67. The highest BCUT2D eigenvalue weighted by atomic mass is 35.5. The molecule has 0 amide bonds. The molecular formula is C16H11ClN6S2. The first-order valence-corrected chi connectivity index (χ1v) is 9.78. The van der Waals surface area contributed by atoms with E-state index in [0.717, 1.165) is 33.8 Å². The Balaban J connectivity index is 1.60. The number of hydrogen-bond donors (Lipinski definition) is 0. The molecule has 4 aromatic rings. The second kappa shape index (κ2) is 6.05. The van der Waals surface area contributed by atoms with Crippen LogP contribution in [0.5, 0.6) is 0 Å². The van der Waals surface area contributed by atoms with E-state index in [2.05, 4.69) is 25.5 Å². The molecule has 0 spiro atoms. The van der Waals surface area contributed by atoms with Crippen molar-refractivity contribution in [2.75, 3.05) is 0 Å². The lowest BCUT2D eigenvalue weighted by atomic mass is 10.2. The summed E-state index contributed by atoms with van der Waals surface area (Å²) in [6, 6.07) is 7.46. The molecule has 6 nitrogen and oxygen atoms in total. The minimum atomic E-state index is 0.643. The number of benzene rings is 1. The summed E-state index contributed by atoms with van der Waals surface area (Å²) < 4.78 is 1.68. The molecule has 0 N–H and O–H groups in total. The van der Waals surface area contributed by atoms with Gasteiger partial charge in [-0.1, -0.05) is 17.7 Å². The number of tetrazole rings is 1. The van der Waals surface area contributed by atoms with Crippen molar-refractivity contribution in [3.8, 4) is 5.69 Å². The Bertz CT molecular complexity index is 1090. The fraction of sp³-hybridized carbons (Fsp3) is 0.188. The molecule has 0 atom stereocenters. The van der Waals surface area contributed by atoms with Gasteiger partial charge in [0.1, 0.15) is 16.2 Å². The molecule has 0 bridgehead atoms. The van der Waals surface area contributed by atoms with Crippen molar-refractivity contribution in [2.45, 2.75) is 29.4 Å². The molecule has 0 fully saturated rings. The Morgan fingerprint density at radius 1 is 1.20 bits per heavy atom. The Morgan fingerprint density at radius 3 is 3.08 bits per heavy atom. The van der Waals surface area contributed by atoms with Crippen LogP contribution >= 0.6 is 34.7 Å². The Hall–Kier alpha value is -2.03. The minimum Gasteiger partial charge on any atom is -0.229 e. The lowest BCUT2D eigenvalue weighted by molar-refractivity contribution is 0.756. The van der Waals surface area contributed by atoms with Crippen molar-refractivity contribution in [3.63, 3.8) is 0 Å². The van der Waals surface area contributed by atoms with Crippen LogP contribution in [0.2, 0.25) is 5.02 Å². The van der Waals surface area contributed by atoms with Gasteiger partial charge in [0, 0.05) is 15.3 Å². The van der Waals surface area contributed by atoms with Crippen LogP contribution in [0.1, 0.15) is 16.9 Å². The molecule has 0 saturated heterocycles. The molecule has 0 saturated carbocycles. The quantitative estimate of drug-likeness (QED) is 0.496. The third-order valence-corrected chi connectivity index (χ3v) is 6.52. The van der Waals surface area contributed by atoms with E-state index in [1.165, 1.54) is 28.6 Å². The van der Waals surface area contributed by atoms with E-state index in [0.29, 0.717) is 10.2 Å². The number of hydrogen-bond acceptors (Lipinski definition) is 7. The van der Waals surface area contributed by atoms with E-state index in [-0.39, 0.29) is 0 Å². The van der Waals surface area contributed by atoms with Gasteiger partial charge < -0.3 is 0 Å². The predicted octanol–water partition coefficient (Wildman–Crippen LogP) is 3.96. The highest BCUT2D eigenvalue weighted by molar-refractivity contribution is 7.99. The molecular weight excluding hydrogens is 376 g/mol. The van der Waals surface area contributed by atoms with Crippen LogP contribution in [0.4, 0.5) is 0 Å². The first-order chi connectivity index (χ1) is 12.3.